The number of carbonyl (C=O) groups excluding carboxylic acids is 3. The highest BCUT2D eigenvalue weighted by molar-refractivity contribution is 7.10. The summed E-state index contributed by atoms with van der Waals surface area (Å²) in [7, 11) is 1.72. The van der Waals surface area contributed by atoms with Crippen LogP contribution in [0.25, 0.3) is 33.4 Å². The van der Waals surface area contributed by atoms with Crippen molar-refractivity contribution in [2.24, 2.45) is 17.3 Å². The molecule has 0 radical (unpaired) electrons. The number of carbonyl (C=O) groups is 3. The summed E-state index contributed by atoms with van der Waals surface area (Å²) in [5.41, 5.74) is 10.5. The zero-order chi connectivity index (χ0) is 47.6. The Kier molecular flexibility index (Phi) is 12.6. The van der Waals surface area contributed by atoms with Gasteiger partial charge in [-0.15, -0.1) is 11.3 Å². The van der Waals surface area contributed by atoms with E-state index in [1.807, 2.05) is 37.6 Å². The molecule has 16 nitrogen and oxygen atoms in total. The SMILES string of the molecule is CO[C@@H](C)c1ncccc1-c1c2c3cc(ccc3n1C1CN(C3CC3)C1)-c1csc(n1)[C@@H](OC1CCOCC1)[C@H](NC(=O)[C@@H]1[C@@H](C)[C@H]1c1ccncn1)C(=O)N1CCC[C@H](N1)C(=O)OCC(C)(C)C2. The first-order chi connectivity index (χ1) is 33.5. The second-order valence-corrected chi connectivity index (χ2v) is 21.7. The summed E-state index contributed by atoms with van der Waals surface area (Å²) >= 11 is 1.42. The van der Waals surface area contributed by atoms with Crippen LogP contribution in [0.3, 0.4) is 0 Å². The van der Waals surface area contributed by atoms with Gasteiger partial charge in [-0.3, -0.25) is 29.3 Å². The van der Waals surface area contributed by atoms with Gasteiger partial charge in [0.1, 0.15) is 29.5 Å². The molecule has 0 unspecified atom stereocenters. The molecule has 2 N–H and O–H groups in total. The van der Waals surface area contributed by atoms with Crippen molar-refractivity contribution in [3.05, 3.63) is 82.5 Å². The van der Waals surface area contributed by atoms with Crippen LogP contribution in [0, 0.1) is 17.3 Å². The van der Waals surface area contributed by atoms with Crippen molar-refractivity contribution in [3.63, 3.8) is 0 Å². The molecule has 69 heavy (non-hydrogen) atoms. The topological polar surface area (TPSA) is 175 Å². The van der Waals surface area contributed by atoms with Crippen LogP contribution in [0.5, 0.6) is 0 Å². The van der Waals surface area contributed by atoms with Crippen LogP contribution in [0.1, 0.15) is 112 Å². The Morgan fingerprint density at radius 3 is 2.62 bits per heavy atom. The van der Waals surface area contributed by atoms with Gasteiger partial charge in [0.15, 0.2) is 0 Å². The van der Waals surface area contributed by atoms with Gasteiger partial charge in [-0.25, -0.2) is 20.4 Å². The maximum Gasteiger partial charge on any atom is 0.324 e. The first-order valence-corrected chi connectivity index (χ1v) is 25.7. The van der Waals surface area contributed by atoms with E-state index in [1.165, 1.54) is 35.5 Å². The molecule has 6 aliphatic rings. The highest BCUT2D eigenvalue weighted by Crippen LogP contribution is 2.53. The molecule has 0 spiro atoms. The van der Waals surface area contributed by atoms with Gasteiger partial charge in [0.05, 0.1) is 41.9 Å². The standard InChI is InChI=1S/C52H63N9O7S/c1-29-42(38-14-18-53-28-55-38)43(29)48(62)57-45-47(68-34-15-20-66-21-16-34)49-56-40(26-69-49)31-10-13-41-36(22-31)37(23-52(3,4)27-67-51(64)39-9-7-19-60(58-39)50(45)63)46(35-8-6-17-54-44(35)30(2)65-5)61(41)33-24-59(25-33)32-11-12-32/h6,8,10,13-14,17-18,22,26,28-30,32-34,39,42-43,45,47,58H,7,9,11-12,15-16,19-21,23-25,27H2,1-5H3,(H,57,62)/t29-,30-,39-,42-,43+,45-,47-/m0/s1. The molecule has 5 aromatic rings. The van der Waals surface area contributed by atoms with Crippen LogP contribution in [-0.2, 0) is 39.8 Å². The molecule has 5 fully saturated rings. The minimum Gasteiger partial charge on any atom is -0.464 e. The Balaban J connectivity index is 1.05. The maximum atomic E-state index is 15.2. The fraction of sp³-hybridized carbons (Fsp3) is 0.558. The van der Waals surface area contributed by atoms with Crippen molar-refractivity contribution in [3.8, 4) is 22.5 Å². The number of thiazole rings is 1. The quantitative estimate of drug-likeness (QED) is 0.141. The largest absolute Gasteiger partial charge is 0.464 e. The molecule has 7 atom stereocenters. The Labute approximate surface area is 406 Å². The number of rotatable bonds is 10. The van der Waals surface area contributed by atoms with Gasteiger partial charge in [0.25, 0.3) is 5.91 Å². The average Bonchev–Trinajstić information content (AvgIpc) is 4.23. The zero-order valence-corrected chi connectivity index (χ0v) is 41.0. The number of fused-ring (bicyclic) bond motifs is 6. The smallest absolute Gasteiger partial charge is 0.324 e. The van der Waals surface area contributed by atoms with Crippen molar-refractivity contribution >= 4 is 40.0 Å². The summed E-state index contributed by atoms with van der Waals surface area (Å²) in [5.74, 6) is -1.63. The molecule has 3 saturated heterocycles. The third-order valence-electron chi connectivity index (χ3n) is 15.3. The minimum absolute atomic E-state index is 0.00297. The molecule has 8 heterocycles. The number of ether oxygens (including phenoxy) is 4. The number of cyclic esters (lactones) is 1. The van der Waals surface area contributed by atoms with E-state index in [-0.39, 0.29) is 42.6 Å². The number of hydrazine groups is 1. The lowest BCUT2D eigenvalue weighted by atomic mass is 9.84. The zero-order valence-electron chi connectivity index (χ0n) is 40.1. The molecular formula is C52H63N9O7S. The minimum atomic E-state index is -1.18. The number of esters is 1. The average molecular weight is 958 g/mol. The highest BCUT2D eigenvalue weighted by atomic mass is 32.1. The summed E-state index contributed by atoms with van der Waals surface area (Å²) in [6.07, 6.45) is 8.97. The van der Waals surface area contributed by atoms with Crippen LogP contribution in [0.2, 0.25) is 0 Å². The van der Waals surface area contributed by atoms with E-state index in [4.69, 9.17) is 28.9 Å². The van der Waals surface area contributed by atoms with Crippen LogP contribution < -0.4 is 10.7 Å². The molecule has 17 heteroatoms. The Bertz CT molecular complexity index is 2710. The number of hydrogen-bond donors (Lipinski definition) is 2. The van der Waals surface area contributed by atoms with Gasteiger partial charge in [0, 0.05) is 109 Å². The van der Waals surface area contributed by atoms with Crippen molar-refractivity contribution < 1.29 is 33.3 Å². The van der Waals surface area contributed by atoms with Crippen LogP contribution in [0.15, 0.2) is 60.5 Å². The molecule has 4 aliphatic heterocycles. The van der Waals surface area contributed by atoms with E-state index in [2.05, 4.69) is 68.3 Å². The monoisotopic (exact) mass is 957 g/mol. The first kappa shape index (κ1) is 46.2. The summed E-state index contributed by atoms with van der Waals surface area (Å²) in [6.45, 7) is 11.8. The predicted molar refractivity (Wildman–Crippen MR) is 259 cm³/mol. The third-order valence-corrected chi connectivity index (χ3v) is 16.2. The predicted octanol–water partition coefficient (Wildman–Crippen LogP) is 6.74. The summed E-state index contributed by atoms with van der Waals surface area (Å²) < 4.78 is 27.5. The number of likely N-dealkylation sites (tertiary alicyclic amines) is 1. The number of amides is 2. The molecular weight excluding hydrogens is 895 g/mol. The molecule has 2 amide bonds. The number of pyridine rings is 1. The molecule has 6 bridgehead atoms. The van der Waals surface area contributed by atoms with E-state index in [1.54, 1.807) is 13.3 Å². The summed E-state index contributed by atoms with van der Waals surface area (Å²) in [6, 6.07) is 11.6. The van der Waals surface area contributed by atoms with Gasteiger partial charge >= 0.3 is 5.97 Å². The molecule has 1 aromatic carbocycles. The first-order valence-electron chi connectivity index (χ1n) is 24.8. The van der Waals surface area contributed by atoms with Gasteiger partial charge in [-0.1, -0.05) is 26.8 Å². The van der Waals surface area contributed by atoms with Gasteiger partial charge in [-0.05, 0) is 93.7 Å². The van der Waals surface area contributed by atoms with Crippen LogP contribution >= 0.6 is 11.3 Å². The lowest BCUT2D eigenvalue weighted by molar-refractivity contribution is -0.158. The molecule has 364 valence electrons. The van der Waals surface area contributed by atoms with E-state index in [0.717, 1.165) is 63.5 Å². The second kappa shape index (κ2) is 18.9. The molecule has 2 aliphatic carbocycles. The number of nitrogens with one attached hydrogen (secondary N) is 2. The van der Waals surface area contributed by atoms with Crippen molar-refractivity contribution in [1.82, 2.24) is 45.2 Å². The fourth-order valence-corrected chi connectivity index (χ4v) is 12.1. The van der Waals surface area contributed by atoms with Gasteiger partial charge in [-0.2, -0.15) is 0 Å². The second-order valence-electron chi connectivity index (χ2n) is 20.8. The number of methoxy groups -OCH3 is 1. The van der Waals surface area contributed by atoms with E-state index < -0.39 is 41.4 Å². The van der Waals surface area contributed by atoms with E-state index >= 15 is 4.79 Å². The Morgan fingerprint density at radius 1 is 1.03 bits per heavy atom. The molecule has 4 aromatic heterocycles. The molecule has 2 saturated carbocycles. The third kappa shape index (κ3) is 9.10. The summed E-state index contributed by atoms with van der Waals surface area (Å²) in [5, 5.41) is 8.38. The summed E-state index contributed by atoms with van der Waals surface area (Å²) in [4.78, 5) is 65.4. The van der Waals surface area contributed by atoms with Crippen molar-refractivity contribution in [2.45, 2.75) is 121 Å². The van der Waals surface area contributed by atoms with Crippen molar-refractivity contribution in [1.29, 1.82) is 0 Å². The van der Waals surface area contributed by atoms with Crippen LogP contribution in [-0.4, -0.2) is 123 Å². The van der Waals surface area contributed by atoms with Gasteiger partial charge in [0.2, 0.25) is 5.91 Å². The van der Waals surface area contributed by atoms with Gasteiger partial charge < -0.3 is 28.8 Å². The maximum absolute atomic E-state index is 15.2. The van der Waals surface area contributed by atoms with E-state index in [9.17, 15) is 9.59 Å². The van der Waals surface area contributed by atoms with E-state index in [0.29, 0.717) is 62.9 Å². The van der Waals surface area contributed by atoms with Crippen molar-refractivity contribution in [2.75, 3.05) is 46.6 Å². The Morgan fingerprint density at radius 2 is 1.86 bits per heavy atom. The number of nitrogens with zero attached hydrogens (tertiary/aromatic N) is 7. The van der Waals surface area contributed by atoms with Crippen LogP contribution in [0.4, 0.5) is 0 Å². The highest BCUT2D eigenvalue weighted by Gasteiger charge is 2.55. The number of benzene rings is 1. The number of aromatic nitrogens is 5. The lowest BCUT2D eigenvalue weighted by Crippen LogP contribution is -2.61. The molecule has 11 rings (SSSR count). The number of hydrogen-bond acceptors (Lipinski definition) is 14. The fourth-order valence-electron chi connectivity index (χ4n) is 11.2. The lowest BCUT2D eigenvalue weighted by Gasteiger charge is -2.42. The Hall–Kier alpha value is -5.17. The normalized spacial score (nSPS) is 27.3.